The number of carbonyl (C=O) groups excluding carboxylic acids is 3. The predicted molar refractivity (Wildman–Crippen MR) is 270 cm³/mol. The fraction of sp³-hybridized carbons (Fsp3) is 0.772. The van der Waals surface area contributed by atoms with Crippen molar-refractivity contribution in [3.63, 3.8) is 0 Å². The van der Waals surface area contributed by atoms with Crippen molar-refractivity contribution in [2.45, 2.75) is 271 Å². The number of esters is 3. The molecule has 6 heteroatoms. The molecule has 63 heavy (non-hydrogen) atoms. The second-order valence-electron chi connectivity index (χ2n) is 17.8. The molecule has 0 heterocycles. The van der Waals surface area contributed by atoms with Crippen LogP contribution in [0.4, 0.5) is 0 Å². The quantitative estimate of drug-likeness (QED) is 0.0262. The summed E-state index contributed by atoms with van der Waals surface area (Å²) in [5.74, 6) is -0.928. The summed E-state index contributed by atoms with van der Waals surface area (Å²) < 4.78 is 16.8. The van der Waals surface area contributed by atoms with Gasteiger partial charge >= 0.3 is 17.9 Å². The minimum Gasteiger partial charge on any atom is -0.462 e. The Morgan fingerprint density at radius 2 is 0.619 bits per heavy atom. The van der Waals surface area contributed by atoms with E-state index in [0.29, 0.717) is 19.3 Å². The van der Waals surface area contributed by atoms with Gasteiger partial charge in [-0.1, -0.05) is 223 Å². The van der Waals surface area contributed by atoms with E-state index in [2.05, 4.69) is 81.5 Å². The van der Waals surface area contributed by atoms with E-state index in [-0.39, 0.29) is 37.5 Å². The Kier molecular flexibility index (Phi) is 49.4. The minimum atomic E-state index is -0.793. The van der Waals surface area contributed by atoms with E-state index in [1.807, 2.05) is 0 Å². The summed E-state index contributed by atoms with van der Waals surface area (Å²) in [5, 5.41) is 0. The van der Waals surface area contributed by atoms with E-state index < -0.39 is 6.10 Å². The SMILES string of the molecule is CC/C=C\C/C=C\C/C=C\C/C=C\CCCCC(=O)O[C@H](COC(=O)CCCCCCCCCCC/C=C\CCCCCCCC)COC(=O)CCCCCCCCCCCCC. The van der Waals surface area contributed by atoms with Crippen LogP contribution in [0.25, 0.3) is 0 Å². The summed E-state index contributed by atoms with van der Waals surface area (Å²) in [4.78, 5) is 38.0. The zero-order valence-electron chi connectivity index (χ0n) is 41.6. The lowest BCUT2D eigenvalue weighted by molar-refractivity contribution is -0.167. The lowest BCUT2D eigenvalue weighted by Crippen LogP contribution is -2.30. The number of unbranched alkanes of at least 4 members (excludes halogenated alkanes) is 27. The second-order valence-corrected chi connectivity index (χ2v) is 17.8. The highest BCUT2D eigenvalue weighted by Crippen LogP contribution is 2.15. The molecular weight excluding hydrogens is 781 g/mol. The van der Waals surface area contributed by atoms with Crippen molar-refractivity contribution in [1.29, 1.82) is 0 Å². The van der Waals surface area contributed by atoms with E-state index in [0.717, 1.165) is 77.0 Å². The van der Waals surface area contributed by atoms with Crippen molar-refractivity contribution in [2.75, 3.05) is 13.2 Å². The first kappa shape index (κ1) is 60.1. The average molecular weight is 881 g/mol. The number of hydrogen-bond acceptors (Lipinski definition) is 6. The third-order valence-electron chi connectivity index (χ3n) is 11.5. The third kappa shape index (κ3) is 50.0. The Balaban J connectivity index is 4.38. The van der Waals surface area contributed by atoms with Crippen molar-refractivity contribution in [2.24, 2.45) is 0 Å². The van der Waals surface area contributed by atoms with Gasteiger partial charge < -0.3 is 14.2 Å². The van der Waals surface area contributed by atoms with Gasteiger partial charge in [0.1, 0.15) is 13.2 Å². The molecule has 364 valence electrons. The van der Waals surface area contributed by atoms with Gasteiger partial charge in [-0.15, -0.1) is 0 Å². The highest BCUT2D eigenvalue weighted by Gasteiger charge is 2.19. The van der Waals surface area contributed by atoms with Crippen LogP contribution in [0.2, 0.25) is 0 Å². The monoisotopic (exact) mass is 881 g/mol. The first-order valence-electron chi connectivity index (χ1n) is 26.8. The van der Waals surface area contributed by atoms with Crippen LogP contribution >= 0.6 is 0 Å². The van der Waals surface area contributed by atoms with Crippen LogP contribution < -0.4 is 0 Å². The van der Waals surface area contributed by atoms with Gasteiger partial charge in [0.25, 0.3) is 0 Å². The maximum absolute atomic E-state index is 12.8. The van der Waals surface area contributed by atoms with Crippen LogP contribution in [0.5, 0.6) is 0 Å². The molecular formula is C57H100O6. The number of ether oxygens (including phenoxy) is 3. The van der Waals surface area contributed by atoms with Crippen molar-refractivity contribution < 1.29 is 28.6 Å². The zero-order chi connectivity index (χ0) is 45.8. The molecule has 0 aliphatic carbocycles. The maximum atomic E-state index is 12.8. The van der Waals surface area contributed by atoms with Crippen LogP contribution in [0.3, 0.4) is 0 Å². The molecule has 0 spiro atoms. The first-order valence-corrected chi connectivity index (χ1v) is 26.8. The van der Waals surface area contributed by atoms with E-state index in [9.17, 15) is 14.4 Å². The highest BCUT2D eigenvalue weighted by molar-refractivity contribution is 5.71. The summed E-state index contributed by atoms with van der Waals surface area (Å²) in [6.45, 7) is 6.49. The molecule has 0 aromatic carbocycles. The highest BCUT2D eigenvalue weighted by atomic mass is 16.6. The molecule has 0 saturated carbocycles. The van der Waals surface area contributed by atoms with E-state index in [1.54, 1.807) is 0 Å². The molecule has 0 aliphatic rings. The van der Waals surface area contributed by atoms with E-state index >= 15 is 0 Å². The summed E-state index contributed by atoms with van der Waals surface area (Å²) in [6, 6.07) is 0. The maximum Gasteiger partial charge on any atom is 0.306 e. The van der Waals surface area contributed by atoms with Crippen molar-refractivity contribution in [1.82, 2.24) is 0 Å². The number of rotatable bonds is 48. The molecule has 0 N–H and O–H groups in total. The van der Waals surface area contributed by atoms with Gasteiger partial charge in [0, 0.05) is 19.3 Å². The van der Waals surface area contributed by atoms with Crippen molar-refractivity contribution >= 4 is 17.9 Å². The lowest BCUT2D eigenvalue weighted by Gasteiger charge is -2.18. The Morgan fingerprint density at radius 3 is 1.02 bits per heavy atom. The molecule has 0 amide bonds. The minimum absolute atomic E-state index is 0.0895. The Labute approximate surface area is 390 Å². The normalized spacial score (nSPS) is 12.5. The molecule has 0 rings (SSSR count). The van der Waals surface area contributed by atoms with Crippen LogP contribution in [-0.4, -0.2) is 37.2 Å². The largest absolute Gasteiger partial charge is 0.462 e. The third-order valence-corrected chi connectivity index (χ3v) is 11.5. The van der Waals surface area contributed by atoms with Gasteiger partial charge in [0.2, 0.25) is 0 Å². The standard InChI is InChI=1S/C57H100O6/c1-4-7-10-13-16-19-22-24-26-27-28-29-31-32-35-38-41-44-47-50-56(59)62-53-54(52-61-55(58)49-46-43-40-37-34-21-18-15-12-9-6-3)63-57(60)51-48-45-42-39-36-33-30-25-23-20-17-14-11-8-5-2/h8,11,17,20,24-26,30,36,39,54H,4-7,9-10,12-16,18-19,21-23,27-29,31-35,37-38,40-53H2,1-3H3/b11-8-,20-17-,26-24-,30-25-,39-36-/t54-/m0/s1. The van der Waals surface area contributed by atoms with Gasteiger partial charge in [-0.2, -0.15) is 0 Å². The zero-order valence-corrected chi connectivity index (χ0v) is 41.6. The number of hydrogen-bond donors (Lipinski definition) is 0. The van der Waals surface area contributed by atoms with Gasteiger partial charge in [-0.3, -0.25) is 14.4 Å². The molecule has 1 atom stereocenters. The van der Waals surface area contributed by atoms with Crippen LogP contribution in [0, 0.1) is 0 Å². The molecule has 0 aromatic heterocycles. The summed E-state index contributed by atoms with van der Waals surface area (Å²) in [6.07, 6.45) is 63.5. The van der Waals surface area contributed by atoms with E-state index in [1.165, 1.54) is 141 Å². The summed E-state index contributed by atoms with van der Waals surface area (Å²) >= 11 is 0. The van der Waals surface area contributed by atoms with Crippen LogP contribution in [0.15, 0.2) is 60.8 Å². The Morgan fingerprint density at radius 1 is 0.333 bits per heavy atom. The fourth-order valence-electron chi connectivity index (χ4n) is 7.49. The molecule has 0 saturated heterocycles. The Bertz CT molecular complexity index is 1150. The first-order chi connectivity index (χ1) is 31.0. The molecule has 0 unspecified atom stereocenters. The molecule has 0 bridgehead atoms. The van der Waals surface area contributed by atoms with Gasteiger partial charge in [-0.05, 0) is 83.5 Å². The smallest absolute Gasteiger partial charge is 0.306 e. The van der Waals surface area contributed by atoms with Gasteiger partial charge in [0.15, 0.2) is 6.10 Å². The van der Waals surface area contributed by atoms with E-state index in [4.69, 9.17) is 14.2 Å². The number of carbonyl (C=O) groups is 3. The average Bonchev–Trinajstić information content (AvgIpc) is 3.28. The second kappa shape index (κ2) is 51.7. The van der Waals surface area contributed by atoms with Crippen LogP contribution in [0.1, 0.15) is 265 Å². The van der Waals surface area contributed by atoms with Gasteiger partial charge in [0.05, 0.1) is 0 Å². The number of allylic oxidation sites excluding steroid dienone is 10. The molecule has 0 fully saturated rings. The predicted octanol–water partition coefficient (Wildman–Crippen LogP) is 17.6. The lowest BCUT2D eigenvalue weighted by atomic mass is 10.1. The molecule has 0 aliphatic heterocycles. The Hall–Kier alpha value is -2.89. The summed E-state index contributed by atoms with van der Waals surface area (Å²) in [5.41, 5.74) is 0. The molecule has 0 aromatic rings. The molecule has 6 nitrogen and oxygen atoms in total. The van der Waals surface area contributed by atoms with Crippen molar-refractivity contribution in [3.05, 3.63) is 60.8 Å². The fourth-order valence-corrected chi connectivity index (χ4v) is 7.49. The van der Waals surface area contributed by atoms with Crippen molar-refractivity contribution in [3.8, 4) is 0 Å². The topological polar surface area (TPSA) is 78.9 Å². The van der Waals surface area contributed by atoms with Gasteiger partial charge in [-0.25, -0.2) is 0 Å². The summed E-state index contributed by atoms with van der Waals surface area (Å²) in [7, 11) is 0. The van der Waals surface area contributed by atoms with Crippen LogP contribution in [-0.2, 0) is 28.6 Å². The molecule has 0 radical (unpaired) electrons.